The minimum Gasteiger partial charge on any atom is -0.508 e. The summed E-state index contributed by atoms with van der Waals surface area (Å²) in [6.07, 6.45) is 0. The Labute approximate surface area is 83.0 Å². The van der Waals surface area contributed by atoms with Crippen molar-refractivity contribution in [2.45, 2.75) is 13.0 Å². The molecule has 2 aromatic rings. The Kier molecular flexibility index (Phi) is 2.14. The van der Waals surface area contributed by atoms with Gasteiger partial charge < -0.3 is 10.8 Å². The maximum atomic E-state index is 9.33. The van der Waals surface area contributed by atoms with Crippen LogP contribution >= 0.6 is 0 Å². The minimum absolute atomic E-state index is 0.0294. The summed E-state index contributed by atoms with van der Waals surface area (Å²) in [6.45, 7) is 1.95. The third kappa shape index (κ3) is 1.56. The summed E-state index contributed by atoms with van der Waals surface area (Å²) in [5.41, 5.74) is 6.87. The molecule has 0 heterocycles. The number of hydrogen-bond donors (Lipinski definition) is 2. The van der Waals surface area contributed by atoms with Gasteiger partial charge in [0, 0.05) is 6.04 Å². The Balaban J connectivity index is 2.63. The largest absolute Gasteiger partial charge is 0.508 e. The molecule has 2 heteroatoms. The number of aromatic hydroxyl groups is 1. The van der Waals surface area contributed by atoms with Crippen LogP contribution in [0.15, 0.2) is 36.4 Å². The lowest BCUT2D eigenvalue weighted by Crippen LogP contribution is -2.04. The standard InChI is InChI=1S/C12H13NO/c1-8(13)10-3-2-9-4-5-12(14)7-11(9)6-10/h2-8,14H,13H2,1H3. The van der Waals surface area contributed by atoms with Crippen molar-refractivity contribution < 1.29 is 5.11 Å². The average Bonchev–Trinajstić information content (AvgIpc) is 2.16. The molecule has 0 saturated carbocycles. The number of hydrogen-bond acceptors (Lipinski definition) is 2. The summed E-state index contributed by atoms with van der Waals surface area (Å²) in [6, 6.07) is 11.4. The highest BCUT2D eigenvalue weighted by atomic mass is 16.3. The maximum Gasteiger partial charge on any atom is 0.116 e. The Morgan fingerprint density at radius 3 is 2.50 bits per heavy atom. The predicted octanol–water partition coefficient (Wildman–Crippen LogP) is 2.57. The normalized spacial score (nSPS) is 13.0. The van der Waals surface area contributed by atoms with Crippen molar-refractivity contribution >= 4 is 10.8 Å². The van der Waals surface area contributed by atoms with Crippen molar-refractivity contribution in [1.82, 2.24) is 0 Å². The summed E-state index contributed by atoms with van der Waals surface area (Å²) >= 11 is 0. The molecule has 2 rings (SSSR count). The first-order valence-corrected chi connectivity index (χ1v) is 4.65. The zero-order valence-corrected chi connectivity index (χ0v) is 8.07. The second-order valence-electron chi connectivity index (χ2n) is 3.58. The van der Waals surface area contributed by atoms with Crippen LogP contribution in [0.2, 0.25) is 0 Å². The molecule has 72 valence electrons. The van der Waals surface area contributed by atoms with Gasteiger partial charge in [0.05, 0.1) is 0 Å². The monoisotopic (exact) mass is 187 g/mol. The second-order valence-corrected chi connectivity index (χ2v) is 3.58. The molecule has 0 saturated heterocycles. The van der Waals surface area contributed by atoms with Crippen LogP contribution in [-0.2, 0) is 0 Å². The van der Waals surface area contributed by atoms with Gasteiger partial charge in [-0.2, -0.15) is 0 Å². The van der Waals surface area contributed by atoms with Gasteiger partial charge in [0.25, 0.3) is 0 Å². The van der Waals surface area contributed by atoms with Crippen LogP contribution in [0.4, 0.5) is 0 Å². The van der Waals surface area contributed by atoms with Gasteiger partial charge in [0.15, 0.2) is 0 Å². The van der Waals surface area contributed by atoms with Gasteiger partial charge >= 0.3 is 0 Å². The first-order valence-electron chi connectivity index (χ1n) is 4.65. The molecule has 0 aliphatic carbocycles. The fraction of sp³-hybridized carbons (Fsp3) is 0.167. The first-order chi connectivity index (χ1) is 6.66. The van der Waals surface area contributed by atoms with Crippen molar-refractivity contribution in [2.24, 2.45) is 5.73 Å². The number of rotatable bonds is 1. The van der Waals surface area contributed by atoms with E-state index >= 15 is 0 Å². The number of benzene rings is 2. The lowest BCUT2D eigenvalue weighted by molar-refractivity contribution is 0.476. The fourth-order valence-electron chi connectivity index (χ4n) is 1.54. The number of phenolic OH excluding ortho intramolecular Hbond substituents is 1. The van der Waals surface area contributed by atoms with E-state index in [2.05, 4.69) is 0 Å². The third-order valence-electron chi connectivity index (χ3n) is 2.37. The minimum atomic E-state index is 0.0294. The van der Waals surface area contributed by atoms with Gasteiger partial charge in [-0.1, -0.05) is 18.2 Å². The Morgan fingerprint density at radius 2 is 1.79 bits per heavy atom. The fourth-order valence-corrected chi connectivity index (χ4v) is 1.54. The molecule has 14 heavy (non-hydrogen) atoms. The third-order valence-corrected chi connectivity index (χ3v) is 2.37. The summed E-state index contributed by atoms with van der Waals surface area (Å²) in [7, 11) is 0. The molecular formula is C12H13NO. The lowest BCUT2D eigenvalue weighted by Gasteiger charge is -2.07. The molecule has 1 unspecified atom stereocenters. The second kappa shape index (κ2) is 3.31. The molecule has 0 spiro atoms. The van der Waals surface area contributed by atoms with Gasteiger partial charge in [-0.15, -0.1) is 0 Å². The summed E-state index contributed by atoms with van der Waals surface area (Å²) in [5, 5.41) is 11.5. The van der Waals surface area contributed by atoms with E-state index < -0.39 is 0 Å². The zero-order valence-electron chi connectivity index (χ0n) is 8.07. The molecule has 1 atom stereocenters. The molecule has 0 fully saturated rings. The van der Waals surface area contributed by atoms with Gasteiger partial charge in [0.1, 0.15) is 5.75 Å². The predicted molar refractivity (Wildman–Crippen MR) is 58.2 cm³/mol. The van der Waals surface area contributed by atoms with E-state index in [9.17, 15) is 5.11 Å². The molecule has 3 N–H and O–H groups in total. The van der Waals surface area contributed by atoms with Crippen LogP contribution in [0.1, 0.15) is 18.5 Å². The first kappa shape index (κ1) is 9.03. The van der Waals surface area contributed by atoms with Gasteiger partial charge in [0.2, 0.25) is 0 Å². The van der Waals surface area contributed by atoms with Crippen molar-refractivity contribution in [3.05, 3.63) is 42.0 Å². The quantitative estimate of drug-likeness (QED) is 0.720. The summed E-state index contributed by atoms with van der Waals surface area (Å²) in [4.78, 5) is 0. The molecule has 2 nitrogen and oxygen atoms in total. The molecule has 0 aromatic heterocycles. The topological polar surface area (TPSA) is 46.2 Å². The molecular weight excluding hydrogens is 174 g/mol. The molecule has 0 aliphatic rings. The van der Waals surface area contributed by atoms with E-state index in [0.717, 1.165) is 16.3 Å². The summed E-state index contributed by atoms with van der Waals surface area (Å²) < 4.78 is 0. The molecule has 0 aliphatic heterocycles. The Hall–Kier alpha value is -1.54. The highest BCUT2D eigenvalue weighted by Crippen LogP contribution is 2.22. The highest BCUT2D eigenvalue weighted by Gasteiger charge is 2.01. The van der Waals surface area contributed by atoms with Crippen molar-refractivity contribution in [2.75, 3.05) is 0 Å². The molecule has 2 aromatic carbocycles. The average molecular weight is 187 g/mol. The van der Waals surface area contributed by atoms with Crippen LogP contribution in [-0.4, -0.2) is 5.11 Å². The number of nitrogens with two attached hydrogens (primary N) is 1. The van der Waals surface area contributed by atoms with Gasteiger partial charge in [-0.05, 0) is 41.5 Å². The van der Waals surface area contributed by atoms with Gasteiger partial charge in [-0.3, -0.25) is 0 Å². The van der Waals surface area contributed by atoms with Crippen molar-refractivity contribution in [3.8, 4) is 5.75 Å². The van der Waals surface area contributed by atoms with Crippen molar-refractivity contribution in [1.29, 1.82) is 0 Å². The SMILES string of the molecule is CC(N)c1ccc2ccc(O)cc2c1. The van der Waals surface area contributed by atoms with E-state index in [1.54, 1.807) is 12.1 Å². The van der Waals surface area contributed by atoms with E-state index in [1.165, 1.54) is 0 Å². The van der Waals surface area contributed by atoms with Crippen LogP contribution in [0, 0.1) is 0 Å². The molecule has 0 bridgehead atoms. The van der Waals surface area contributed by atoms with E-state index in [4.69, 9.17) is 5.73 Å². The smallest absolute Gasteiger partial charge is 0.116 e. The van der Waals surface area contributed by atoms with Crippen LogP contribution in [0.25, 0.3) is 10.8 Å². The Bertz CT molecular complexity index is 463. The van der Waals surface area contributed by atoms with Gasteiger partial charge in [-0.25, -0.2) is 0 Å². The highest BCUT2D eigenvalue weighted by molar-refractivity contribution is 5.84. The van der Waals surface area contributed by atoms with E-state index in [0.29, 0.717) is 5.75 Å². The lowest BCUT2D eigenvalue weighted by atomic mass is 10.0. The zero-order chi connectivity index (χ0) is 10.1. The van der Waals surface area contributed by atoms with Crippen LogP contribution in [0.5, 0.6) is 5.75 Å². The van der Waals surface area contributed by atoms with Crippen LogP contribution < -0.4 is 5.73 Å². The number of phenols is 1. The van der Waals surface area contributed by atoms with E-state index in [-0.39, 0.29) is 6.04 Å². The molecule has 0 radical (unpaired) electrons. The van der Waals surface area contributed by atoms with E-state index in [1.807, 2.05) is 31.2 Å². The Morgan fingerprint density at radius 1 is 1.07 bits per heavy atom. The number of fused-ring (bicyclic) bond motifs is 1. The van der Waals surface area contributed by atoms with Crippen LogP contribution in [0.3, 0.4) is 0 Å². The summed E-state index contributed by atoms with van der Waals surface area (Å²) in [5.74, 6) is 0.291. The molecule has 0 amide bonds. The van der Waals surface area contributed by atoms with Crippen molar-refractivity contribution in [3.63, 3.8) is 0 Å². The maximum absolute atomic E-state index is 9.33.